The Hall–Kier alpha value is -2.80. The first-order chi connectivity index (χ1) is 11.5. The van der Waals surface area contributed by atoms with E-state index in [-0.39, 0.29) is 5.56 Å². The van der Waals surface area contributed by atoms with Gasteiger partial charge in [-0.1, -0.05) is 29.8 Å². The molecule has 1 heterocycles. The molecule has 0 radical (unpaired) electrons. The number of thioether (sulfide) groups is 1. The molecular weight excluding hydrogens is 328 g/mol. The smallest absolute Gasteiger partial charge is 0.337 e. The molecule has 0 saturated carbocycles. The summed E-state index contributed by atoms with van der Waals surface area (Å²) < 4.78 is 0. The minimum Gasteiger partial charge on any atom is -0.478 e. The van der Waals surface area contributed by atoms with Crippen molar-refractivity contribution >= 4 is 40.3 Å². The van der Waals surface area contributed by atoms with Crippen LogP contribution in [0.4, 0.5) is 16.2 Å². The van der Waals surface area contributed by atoms with Crippen molar-refractivity contribution in [3.05, 3.63) is 59.7 Å². The summed E-state index contributed by atoms with van der Waals surface area (Å²) >= 11 is 0.829. The van der Waals surface area contributed by atoms with Gasteiger partial charge in [0.15, 0.2) is 5.37 Å². The highest BCUT2D eigenvalue weighted by Crippen LogP contribution is 2.33. The number of nitrogens with one attached hydrogen (secondary N) is 1. The van der Waals surface area contributed by atoms with E-state index in [1.807, 2.05) is 19.1 Å². The van der Waals surface area contributed by atoms with Crippen LogP contribution in [0.5, 0.6) is 0 Å². The molecule has 1 aliphatic heterocycles. The van der Waals surface area contributed by atoms with Gasteiger partial charge in [-0.05, 0) is 43.0 Å². The fourth-order valence-electron chi connectivity index (χ4n) is 2.37. The fourth-order valence-corrected chi connectivity index (χ4v) is 3.26. The number of para-hydroxylation sites is 1. The Bertz CT molecular complexity index is 820. The van der Waals surface area contributed by atoms with Crippen molar-refractivity contribution in [3.63, 3.8) is 0 Å². The van der Waals surface area contributed by atoms with Crippen LogP contribution in [-0.2, 0) is 4.79 Å². The molecule has 2 amide bonds. The molecule has 1 fully saturated rings. The molecule has 3 rings (SSSR count). The number of anilines is 2. The zero-order chi connectivity index (χ0) is 17.3. The van der Waals surface area contributed by atoms with Gasteiger partial charge in [-0.3, -0.25) is 9.59 Å². The van der Waals surface area contributed by atoms with E-state index >= 15 is 0 Å². The van der Waals surface area contributed by atoms with E-state index in [9.17, 15) is 19.5 Å². The van der Waals surface area contributed by atoms with Gasteiger partial charge in [0, 0.05) is 5.69 Å². The number of aryl methyl sites for hydroxylation is 1. The number of imide groups is 1. The Morgan fingerprint density at radius 1 is 1.12 bits per heavy atom. The highest BCUT2D eigenvalue weighted by molar-refractivity contribution is 8.16. The Kier molecular flexibility index (Phi) is 4.26. The summed E-state index contributed by atoms with van der Waals surface area (Å²) in [7, 11) is 0. The van der Waals surface area contributed by atoms with Gasteiger partial charge in [-0.25, -0.2) is 9.69 Å². The first kappa shape index (κ1) is 16.1. The average molecular weight is 342 g/mol. The molecule has 1 aliphatic rings. The molecule has 7 heteroatoms. The van der Waals surface area contributed by atoms with Gasteiger partial charge in [0.25, 0.3) is 11.1 Å². The standard InChI is InChI=1S/C17H14N2O4S/c1-10-6-8-11(9-7-10)19-15(20)14(24-17(19)23)18-13-5-3-2-4-12(13)16(21)22/h2-9,14,18H,1H3,(H,21,22)/t14-/m1/s1. The van der Waals surface area contributed by atoms with E-state index in [0.29, 0.717) is 11.4 Å². The maximum Gasteiger partial charge on any atom is 0.337 e. The lowest BCUT2D eigenvalue weighted by molar-refractivity contribution is -0.116. The minimum atomic E-state index is -1.10. The van der Waals surface area contributed by atoms with Gasteiger partial charge in [0.05, 0.1) is 11.3 Å². The Balaban J connectivity index is 1.85. The molecule has 0 bridgehead atoms. The van der Waals surface area contributed by atoms with Crippen molar-refractivity contribution < 1.29 is 19.5 Å². The second kappa shape index (κ2) is 6.37. The zero-order valence-corrected chi connectivity index (χ0v) is 13.5. The first-order valence-corrected chi connectivity index (χ1v) is 8.05. The summed E-state index contributed by atoms with van der Waals surface area (Å²) in [5.41, 5.74) is 1.87. The van der Waals surface area contributed by atoms with Crippen molar-refractivity contribution in [1.29, 1.82) is 0 Å². The number of rotatable bonds is 4. The van der Waals surface area contributed by atoms with E-state index < -0.39 is 22.5 Å². The van der Waals surface area contributed by atoms with Gasteiger partial charge < -0.3 is 10.4 Å². The van der Waals surface area contributed by atoms with Crippen molar-refractivity contribution in [1.82, 2.24) is 0 Å². The lowest BCUT2D eigenvalue weighted by Crippen LogP contribution is -2.34. The molecule has 0 spiro atoms. The number of hydrogen-bond donors (Lipinski definition) is 2. The molecule has 1 atom stereocenters. The van der Waals surface area contributed by atoms with Crippen LogP contribution in [0.2, 0.25) is 0 Å². The molecular formula is C17H14N2O4S. The molecule has 2 aromatic carbocycles. The second-order valence-corrected chi connectivity index (χ2v) is 6.32. The van der Waals surface area contributed by atoms with Crippen LogP contribution in [0, 0.1) is 6.92 Å². The predicted molar refractivity (Wildman–Crippen MR) is 92.5 cm³/mol. The van der Waals surface area contributed by atoms with Crippen molar-refractivity contribution in [2.24, 2.45) is 0 Å². The summed E-state index contributed by atoms with van der Waals surface area (Å²) in [5.74, 6) is -1.52. The van der Waals surface area contributed by atoms with E-state index in [2.05, 4.69) is 5.32 Å². The van der Waals surface area contributed by atoms with Gasteiger partial charge >= 0.3 is 5.97 Å². The molecule has 1 saturated heterocycles. The van der Waals surface area contributed by atoms with E-state index in [1.54, 1.807) is 30.3 Å². The van der Waals surface area contributed by atoms with E-state index in [1.165, 1.54) is 6.07 Å². The van der Waals surface area contributed by atoms with E-state index in [0.717, 1.165) is 22.2 Å². The summed E-state index contributed by atoms with van der Waals surface area (Å²) in [4.78, 5) is 37.1. The highest BCUT2D eigenvalue weighted by Gasteiger charge is 2.41. The van der Waals surface area contributed by atoms with Crippen LogP contribution in [0.25, 0.3) is 0 Å². The second-order valence-electron chi connectivity index (χ2n) is 5.27. The monoisotopic (exact) mass is 342 g/mol. The van der Waals surface area contributed by atoms with Crippen LogP contribution in [0.15, 0.2) is 48.5 Å². The maximum absolute atomic E-state index is 12.6. The number of amides is 2. The number of hydrogen-bond acceptors (Lipinski definition) is 5. The topological polar surface area (TPSA) is 86.7 Å². The molecule has 2 N–H and O–H groups in total. The third-order valence-electron chi connectivity index (χ3n) is 3.58. The van der Waals surface area contributed by atoms with Gasteiger partial charge in [-0.15, -0.1) is 0 Å². The van der Waals surface area contributed by atoms with Crippen LogP contribution in [-0.4, -0.2) is 27.6 Å². The fraction of sp³-hybridized carbons (Fsp3) is 0.118. The zero-order valence-electron chi connectivity index (χ0n) is 12.7. The first-order valence-electron chi connectivity index (χ1n) is 7.17. The molecule has 0 unspecified atom stereocenters. The average Bonchev–Trinajstić information content (AvgIpc) is 2.83. The molecule has 2 aromatic rings. The number of benzene rings is 2. The van der Waals surface area contributed by atoms with Crippen molar-refractivity contribution in [3.8, 4) is 0 Å². The van der Waals surface area contributed by atoms with Crippen LogP contribution in [0.3, 0.4) is 0 Å². The van der Waals surface area contributed by atoms with Crippen LogP contribution < -0.4 is 10.2 Å². The van der Waals surface area contributed by atoms with Gasteiger partial charge in [-0.2, -0.15) is 0 Å². The number of carbonyl (C=O) groups is 3. The van der Waals surface area contributed by atoms with E-state index in [4.69, 9.17) is 0 Å². The Labute approximate surface area is 142 Å². The number of nitrogens with zero attached hydrogens (tertiary/aromatic N) is 1. The highest BCUT2D eigenvalue weighted by atomic mass is 32.2. The Morgan fingerprint density at radius 3 is 2.46 bits per heavy atom. The normalized spacial score (nSPS) is 17.2. The summed E-state index contributed by atoms with van der Waals surface area (Å²) in [6.45, 7) is 1.92. The number of carbonyl (C=O) groups excluding carboxylic acids is 2. The molecule has 0 aromatic heterocycles. The van der Waals surface area contributed by atoms with Crippen LogP contribution in [0.1, 0.15) is 15.9 Å². The number of carboxylic acids is 1. The summed E-state index contributed by atoms with van der Waals surface area (Å²) in [5, 5.41) is 10.8. The summed E-state index contributed by atoms with van der Waals surface area (Å²) in [6.07, 6.45) is 0. The predicted octanol–water partition coefficient (Wildman–Crippen LogP) is 3.33. The SMILES string of the molecule is Cc1ccc(N2C(=O)S[C@@H](Nc3ccccc3C(=O)O)C2=O)cc1. The lowest BCUT2D eigenvalue weighted by Gasteiger charge is -2.16. The van der Waals surface area contributed by atoms with Gasteiger partial charge in [0.2, 0.25) is 0 Å². The molecule has 6 nitrogen and oxygen atoms in total. The number of aromatic carboxylic acids is 1. The Morgan fingerprint density at radius 2 is 1.79 bits per heavy atom. The van der Waals surface area contributed by atoms with Gasteiger partial charge in [0.1, 0.15) is 0 Å². The largest absolute Gasteiger partial charge is 0.478 e. The third kappa shape index (κ3) is 2.98. The molecule has 24 heavy (non-hydrogen) atoms. The minimum absolute atomic E-state index is 0.0483. The lowest BCUT2D eigenvalue weighted by atomic mass is 10.2. The quantitative estimate of drug-likeness (QED) is 0.886. The van der Waals surface area contributed by atoms with Crippen molar-refractivity contribution in [2.45, 2.75) is 12.3 Å². The summed E-state index contributed by atoms with van der Waals surface area (Å²) in [6, 6.07) is 13.3. The van der Waals surface area contributed by atoms with Crippen molar-refractivity contribution in [2.75, 3.05) is 10.2 Å². The molecule has 122 valence electrons. The third-order valence-corrected chi connectivity index (χ3v) is 4.52. The molecule has 0 aliphatic carbocycles. The van der Waals surface area contributed by atoms with Crippen LogP contribution >= 0.6 is 11.8 Å². The number of carboxylic acid groups (broad SMARTS) is 1. The maximum atomic E-state index is 12.6.